The Morgan fingerprint density at radius 2 is 0.846 bits per heavy atom. The smallest absolute Gasteiger partial charge is 0.759 e. The van der Waals surface area contributed by atoms with Crippen molar-refractivity contribution in [2.24, 2.45) is 0 Å². The summed E-state index contributed by atoms with van der Waals surface area (Å²) in [7, 11) is -5.17. The molecule has 0 saturated heterocycles. The summed E-state index contributed by atoms with van der Waals surface area (Å²) in [5.41, 5.74) is 0. The van der Waals surface area contributed by atoms with Crippen LogP contribution in [0.3, 0.4) is 0 Å². The molecule has 7 heteroatoms. The molecule has 13 heavy (non-hydrogen) atoms. The second kappa shape index (κ2) is 23.6. The van der Waals surface area contributed by atoms with Crippen molar-refractivity contribution in [3.63, 3.8) is 0 Å². The largest absolute Gasteiger partial charge is 1.00 e. The molecule has 0 N–H and O–H groups in total. The van der Waals surface area contributed by atoms with Crippen LogP contribution in [0.25, 0.3) is 0 Å². The van der Waals surface area contributed by atoms with Crippen molar-refractivity contribution < 1.29 is 76.6 Å². The molecule has 0 fully saturated rings. The van der Waals surface area contributed by atoms with Gasteiger partial charge in [0.25, 0.3) is 0 Å². The molecular formula is C6H16Na2O4S. The topological polar surface area (TPSA) is 80.3 Å². The summed E-state index contributed by atoms with van der Waals surface area (Å²) in [5, 5.41) is 0. The van der Waals surface area contributed by atoms with E-state index < -0.39 is 10.4 Å². The van der Waals surface area contributed by atoms with Crippen molar-refractivity contribution in [2.45, 2.75) is 40.5 Å². The van der Waals surface area contributed by atoms with Crippen LogP contribution in [0.15, 0.2) is 0 Å². The van der Waals surface area contributed by atoms with E-state index in [0.717, 1.165) is 0 Å². The third kappa shape index (κ3) is 559. The quantitative estimate of drug-likeness (QED) is 0.239. The molecule has 0 spiro atoms. The maximum atomic E-state index is 8.52. The van der Waals surface area contributed by atoms with Gasteiger partial charge in [-0.05, 0) is 0 Å². The Labute approximate surface area is 126 Å². The van der Waals surface area contributed by atoms with Crippen molar-refractivity contribution in [3.8, 4) is 0 Å². The molecule has 72 valence electrons. The van der Waals surface area contributed by atoms with Gasteiger partial charge < -0.3 is 9.11 Å². The number of hydrogen-bond acceptors (Lipinski definition) is 4. The average molecular weight is 230 g/mol. The van der Waals surface area contributed by atoms with E-state index >= 15 is 0 Å². The number of hydrogen-bond donors (Lipinski definition) is 0. The molecule has 0 aliphatic rings. The van der Waals surface area contributed by atoms with Gasteiger partial charge in [0.15, 0.2) is 0 Å². The van der Waals surface area contributed by atoms with Crippen molar-refractivity contribution >= 4 is 10.4 Å². The molecule has 0 amide bonds. The average Bonchev–Trinajstić information content (AvgIpc) is 1.62. The van der Waals surface area contributed by atoms with Gasteiger partial charge in [0.2, 0.25) is 0 Å². The van der Waals surface area contributed by atoms with Crippen molar-refractivity contribution in [1.29, 1.82) is 0 Å². The fourth-order valence-corrected chi connectivity index (χ4v) is 0. The predicted molar refractivity (Wildman–Crippen MR) is 42.4 cm³/mol. The molecule has 0 aliphatic carbocycles. The fraction of sp³-hybridized carbons (Fsp3) is 1.00. The van der Waals surface area contributed by atoms with E-state index in [1.807, 2.05) is 0 Å². The normalized spacial score (nSPS) is 7.23. The first-order valence-corrected chi connectivity index (χ1v) is 4.83. The molecule has 0 saturated carbocycles. The van der Waals surface area contributed by atoms with E-state index in [9.17, 15) is 0 Å². The molecule has 0 heterocycles. The first kappa shape index (κ1) is 29.4. The molecular weight excluding hydrogens is 214 g/mol. The molecule has 0 aromatic heterocycles. The van der Waals surface area contributed by atoms with Gasteiger partial charge in [-0.1, -0.05) is 40.5 Å². The maximum Gasteiger partial charge on any atom is 1.00 e. The van der Waals surface area contributed by atoms with Crippen LogP contribution in [0.2, 0.25) is 0 Å². The van der Waals surface area contributed by atoms with Crippen LogP contribution < -0.4 is 59.1 Å². The van der Waals surface area contributed by atoms with Gasteiger partial charge in [0.05, 0.1) is 0 Å². The van der Waals surface area contributed by atoms with Crippen LogP contribution in [0.4, 0.5) is 0 Å². The first-order chi connectivity index (χ1) is 4.83. The molecule has 0 aromatic carbocycles. The zero-order valence-electron chi connectivity index (χ0n) is 9.46. The third-order valence-electron chi connectivity index (χ3n) is 0. The van der Waals surface area contributed by atoms with Crippen LogP contribution in [-0.2, 0) is 10.4 Å². The van der Waals surface area contributed by atoms with E-state index in [4.69, 9.17) is 17.5 Å². The van der Waals surface area contributed by atoms with Gasteiger partial charge in [-0.2, -0.15) is 0 Å². The fourth-order valence-electron chi connectivity index (χ4n) is 0. The van der Waals surface area contributed by atoms with E-state index in [-0.39, 0.29) is 59.1 Å². The van der Waals surface area contributed by atoms with E-state index in [1.165, 1.54) is 12.8 Å². The summed E-state index contributed by atoms with van der Waals surface area (Å²) < 4.78 is 34.1. The van der Waals surface area contributed by atoms with Crippen molar-refractivity contribution in [1.82, 2.24) is 0 Å². The molecule has 0 aromatic rings. The molecule has 0 aliphatic heterocycles. The monoisotopic (exact) mass is 230 g/mol. The van der Waals surface area contributed by atoms with E-state index in [2.05, 4.69) is 27.7 Å². The zero-order valence-corrected chi connectivity index (χ0v) is 14.3. The van der Waals surface area contributed by atoms with Gasteiger partial charge in [0.1, 0.15) is 0 Å². The van der Waals surface area contributed by atoms with E-state index in [1.54, 1.807) is 0 Å². The van der Waals surface area contributed by atoms with Gasteiger partial charge in [-0.3, -0.25) is 8.42 Å². The van der Waals surface area contributed by atoms with E-state index in [0.29, 0.717) is 0 Å². The van der Waals surface area contributed by atoms with Gasteiger partial charge >= 0.3 is 59.1 Å². The summed E-state index contributed by atoms with van der Waals surface area (Å²) in [6, 6.07) is 0. The molecule has 0 unspecified atom stereocenters. The summed E-state index contributed by atoms with van der Waals surface area (Å²) in [6.07, 6.45) is 2.50. The van der Waals surface area contributed by atoms with Crippen LogP contribution >= 0.6 is 0 Å². The van der Waals surface area contributed by atoms with Crippen LogP contribution in [0.1, 0.15) is 40.5 Å². The minimum Gasteiger partial charge on any atom is -0.759 e. The predicted octanol–water partition coefficient (Wildman–Crippen LogP) is -4.50. The summed E-state index contributed by atoms with van der Waals surface area (Å²) in [6.45, 7) is 8.50. The van der Waals surface area contributed by atoms with Crippen LogP contribution in [-0.4, -0.2) is 17.5 Å². The van der Waals surface area contributed by atoms with Gasteiger partial charge in [-0.25, -0.2) is 0 Å². The molecule has 0 rings (SSSR count). The van der Waals surface area contributed by atoms with Crippen molar-refractivity contribution in [2.75, 3.05) is 0 Å². The molecule has 4 nitrogen and oxygen atoms in total. The summed E-state index contributed by atoms with van der Waals surface area (Å²) in [5.74, 6) is 0. The Morgan fingerprint density at radius 1 is 0.846 bits per heavy atom. The summed E-state index contributed by atoms with van der Waals surface area (Å²) >= 11 is 0. The van der Waals surface area contributed by atoms with Crippen LogP contribution in [0, 0.1) is 0 Å². The Hall–Kier alpha value is 1.87. The summed E-state index contributed by atoms with van der Waals surface area (Å²) in [4.78, 5) is 0. The molecule has 0 atom stereocenters. The Morgan fingerprint density at radius 3 is 0.846 bits per heavy atom. The Bertz CT molecular complexity index is 126. The molecule has 0 radical (unpaired) electrons. The minimum absolute atomic E-state index is 0. The SMILES string of the molecule is CCC.CCC.O=S(=O)([O-])[O-].[Na+].[Na+]. The van der Waals surface area contributed by atoms with Crippen LogP contribution in [0.5, 0.6) is 0 Å². The van der Waals surface area contributed by atoms with Gasteiger partial charge in [0, 0.05) is 10.4 Å². The zero-order chi connectivity index (χ0) is 9.91. The third-order valence-corrected chi connectivity index (χ3v) is 0. The number of rotatable bonds is 0. The maximum absolute atomic E-state index is 8.52. The van der Waals surface area contributed by atoms with Gasteiger partial charge in [-0.15, -0.1) is 0 Å². The second-order valence-corrected chi connectivity index (χ2v) is 2.64. The second-order valence-electron chi connectivity index (χ2n) is 1.82. The first-order valence-electron chi connectivity index (χ1n) is 3.50. The Balaban J connectivity index is -0.0000000240. The standard InChI is InChI=1S/2C3H8.2Na.H2O4S/c2*1-3-2;;;1-5(2,3)4/h2*3H2,1-2H3;;;(H2,1,2,3,4)/q;;2*+1;/p-2. The Kier molecular flexibility index (Phi) is 53.3. The molecule has 0 bridgehead atoms. The van der Waals surface area contributed by atoms with Crippen molar-refractivity contribution in [3.05, 3.63) is 0 Å². The minimum atomic E-state index is -5.17.